The lowest BCUT2D eigenvalue weighted by Crippen LogP contribution is -2.10. The Kier molecular flexibility index (Phi) is 5.27. The van der Waals surface area contributed by atoms with Gasteiger partial charge in [0.05, 0.1) is 29.6 Å². The third-order valence-electron chi connectivity index (χ3n) is 2.13. The Morgan fingerprint density at radius 3 is 2.65 bits per heavy atom. The summed E-state index contributed by atoms with van der Waals surface area (Å²) in [6.07, 6.45) is -0.449. The van der Waals surface area contributed by atoms with Crippen LogP contribution in [0.3, 0.4) is 0 Å². The number of nitrogens with zero attached hydrogens (tertiary/aromatic N) is 1. The maximum atomic E-state index is 12.4. The number of hydrogen-bond acceptors (Lipinski definition) is 5. The number of benzene rings is 1. The molecule has 8 heteroatoms. The molecule has 0 saturated heterocycles. The molecule has 1 rings (SSSR count). The van der Waals surface area contributed by atoms with E-state index in [1.165, 1.54) is 0 Å². The largest absolute Gasteiger partial charge is 0.507 e. The molecule has 0 saturated carbocycles. The molecular weight excluding hydrogens is 295 g/mol. The molecule has 0 bridgehead atoms. The van der Waals surface area contributed by atoms with Crippen LogP contribution >= 0.6 is 11.8 Å². The van der Waals surface area contributed by atoms with E-state index >= 15 is 0 Å². The quantitative estimate of drug-likeness (QED) is 0.684. The summed E-state index contributed by atoms with van der Waals surface area (Å²) in [5, 5.41) is 18.3. The maximum absolute atomic E-state index is 12.4. The number of halogens is 3. The number of rotatable bonds is 4. The van der Waals surface area contributed by atoms with Crippen LogP contribution in [0.5, 0.6) is 5.75 Å². The van der Waals surface area contributed by atoms with E-state index in [-0.39, 0.29) is 17.7 Å². The minimum absolute atomic E-state index is 0.0340. The summed E-state index contributed by atoms with van der Waals surface area (Å²) in [5.74, 6) is -1.42. The number of alkyl halides is 3. The van der Waals surface area contributed by atoms with E-state index in [2.05, 4.69) is 4.74 Å². The number of phenols is 1. The van der Waals surface area contributed by atoms with Crippen LogP contribution in [0.2, 0.25) is 0 Å². The molecule has 0 unspecified atom stereocenters. The molecule has 20 heavy (non-hydrogen) atoms. The molecule has 1 N–H and O–H groups in total. The Morgan fingerprint density at radius 2 is 2.15 bits per heavy atom. The molecule has 0 heterocycles. The van der Waals surface area contributed by atoms with Crippen molar-refractivity contribution in [3.8, 4) is 11.8 Å². The molecule has 1 aromatic rings. The lowest BCUT2D eigenvalue weighted by Gasteiger charge is -2.13. The van der Waals surface area contributed by atoms with Gasteiger partial charge in [0.15, 0.2) is 0 Å². The van der Waals surface area contributed by atoms with Crippen molar-refractivity contribution >= 4 is 17.7 Å². The molecule has 1 aromatic carbocycles. The number of nitriles is 1. The monoisotopic (exact) mass is 305 g/mol. The van der Waals surface area contributed by atoms with E-state index in [1.807, 2.05) is 0 Å². The van der Waals surface area contributed by atoms with E-state index < -0.39 is 40.3 Å². The summed E-state index contributed by atoms with van der Waals surface area (Å²) in [4.78, 5) is 10.9. The fourth-order valence-corrected chi connectivity index (χ4v) is 2.13. The van der Waals surface area contributed by atoms with E-state index in [9.17, 15) is 23.1 Å². The van der Waals surface area contributed by atoms with Crippen molar-refractivity contribution in [3.05, 3.63) is 23.3 Å². The molecule has 0 aliphatic heterocycles. The van der Waals surface area contributed by atoms with Crippen molar-refractivity contribution in [3.63, 3.8) is 0 Å². The highest BCUT2D eigenvalue weighted by Gasteiger charge is 2.32. The second-order valence-corrected chi connectivity index (χ2v) is 4.70. The summed E-state index contributed by atoms with van der Waals surface area (Å²) in [6.45, 7) is 1.65. The molecular formula is C12H10F3NO3S. The van der Waals surface area contributed by atoms with Gasteiger partial charge < -0.3 is 9.84 Å². The van der Waals surface area contributed by atoms with Gasteiger partial charge in [-0.1, -0.05) is 0 Å². The smallest absolute Gasteiger partial charge is 0.446 e. The van der Waals surface area contributed by atoms with Crippen molar-refractivity contribution < 1.29 is 27.8 Å². The van der Waals surface area contributed by atoms with E-state index in [4.69, 9.17) is 5.26 Å². The van der Waals surface area contributed by atoms with Crippen LogP contribution in [0.25, 0.3) is 0 Å². The van der Waals surface area contributed by atoms with Crippen LogP contribution in [0.1, 0.15) is 18.1 Å². The zero-order valence-corrected chi connectivity index (χ0v) is 11.1. The summed E-state index contributed by atoms with van der Waals surface area (Å²) >= 11 is -0.534. The van der Waals surface area contributed by atoms with Gasteiger partial charge in [0.2, 0.25) is 0 Å². The van der Waals surface area contributed by atoms with Crippen LogP contribution in [-0.2, 0) is 16.0 Å². The van der Waals surface area contributed by atoms with E-state index in [1.54, 1.807) is 13.0 Å². The highest BCUT2D eigenvalue weighted by Crippen LogP contribution is 2.43. The fourth-order valence-electron chi connectivity index (χ4n) is 1.47. The Hall–Kier alpha value is -1.88. The molecule has 0 aliphatic rings. The van der Waals surface area contributed by atoms with Gasteiger partial charge >= 0.3 is 11.5 Å². The summed E-state index contributed by atoms with van der Waals surface area (Å²) < 4.78 is 42.0. The third kappa shape index (κ3) is 4.66. The predicted octanol–water partition coefficient (Wildman–Crippen LogP) is 2.98. The minimum Gasteiger partial charge on any atom is -0.507 e. The third-order valence-corrected chi connectivity index (χ3v) is 3.04. The van der Waals surface area contributed by atoms with Crippen molar-refractivity contribution in [1.82, 2.24) is 0 Å². The maximum Gasteiger partial charge on any atom is 0.446 e. The standard InChI is InChI=1S/C12H10F3NO3S/c1-2-19-10(18)5-8-3-7(6-16)4-9(17)11(8)20-12(13,14)15/h3-4,17H,2,5H2,1H3. The fraction of sp³-hybridized carbons (Fsp3) is 0.333. The Labute approximate surface area is 117 Å². The summed E-state index contributed by atoms with van der Waals surface area (Å²) in [5.41, 5.74) is -4.75. The first-order valence-corrected chi connectivity index (χ1v) is 6.25. The van der Waals surface area contributed by atoms with Gasteiger partial charge in [0, 0.05) is 0 Å². The van der Waals surface area contributed by atoms with Crippen LogP contribution in [0.4, 0.5) is 13.2 Å². The number of ether oxygens (including phenoxy) is 1. The van der Waals surface area contributed by atoms with Gasteiger partial charge in [-0.25, -0.2) is 0 Å². The molecule has 4 nitrogen and oxygen atoms in total. The molecule has 0 amide bonds. The topological polar surface area (TPSA) is 70.3 Å². The number of aromatic hydroxyl groups is 1. The Morgan fingerprint density at radius 1 is 1.50 bits per heavy atom. The average molecular weight is 305 g/mol. The van der Waals surface area contributed by atoms with Crippen molar-refractivity contribution in [2.75, 3.05) is 6.61 Å². The summed E-state index contributed by atoms with van der Waals surface area (Å²) in [6, 6.07) is 3.75. The lowest BCUT2D eigenvalue weighted by molar-refractivity contribution is -0.142. The molecule has 0 aromatic heterocycles. The van der Waals surface area contributed by atoms with Gasteiger partial charge in [0.25, 0.3) is 0 Å². The van der Waals surface area contributed by atoms with Gasteiger partial charge in [-0.3, -0.25) is 4.79 Å². The van der Waals surface area contributed by atoms with Crippen LogP contribution in [0.15, 0.2) is 17.0 Å². The zero-order chi connectivity index (χ0) is 15.3. The average Bonchev–Trinajstić information content (AvgIpc) is 2.32. The first-order valence-electron chi connectivity index (χ1n) is 5.44. The van der Waals surface area contributed by atoms with Crippen LogP contribution in [0, 0.1) is 11.3 Å². The van der Waals surface area contributed by atoms with Gasteiger partial charge in [-0.15, -0.1) is 0 Å². The van der Waals surface area contributed by atoms with Crippen molar-refractivity contribution in [1.29, 1.82) is 5.26 Å². The number of phenolic OH excluding ortho intramolecular Hbond substituents is 1. The second kappa shape index (κ2) is 6.52. The van der Waals surface area contributed by atoms with Gasteiger partial charge in [-0.05, 0) is 36.4 Å². The molecule has 0 aliphatic carbocycles. The SMILES string of the molecule is CCOC(=O)Cc1cc(C#N)cc(O)c1SC(F)(F)F. The van der Waals surface area contributed by atoms with Crippen molar-refractivity contribution in [2.45, 2.75) is 23.7 Å². The minimum atomic E-state index is -4.62. The predicted molar refractivity (Wildman–Crippen MR) is 65.1 cm³/mol. The van der Waals surface area contributed by atoms with Gasteiger partial charge in [-0.2, -0.15) is 18.4 Å². The van der Waals surface area contributed by atoms with Crippen LogP contribution < -0.4 is 0 Å². The number of carbonyl (C=O) groups excluding carboxylic acids is 1. The lowest BCUT2D eigenvalue weighted by atomic mass is 10.1. The number of esters is 1. The van der Waals surface area contributed by atoms with E-state index in [0.29, 0.717) is 0 Å². The normalized spacial score (nSPS) is 10.9. The first-order chi connectivity index (χ1) is 9.26. The molecule has 0 fully saturated rings. The highest BCUT2D eigenvalue weighted by atomic mass is 32.2. The molecule has 0 radical (unpaired) electrons. The zero-order valence-electron chi connectivity index (χ0n) is 10.3. The second-order valence-electron chi connectivity index (χ2n) is 3.63. The number of thioether (sulfide) groups is 1. The van der Waals surface area contributed by atoms with Crippen LogP contribution in [-0.4, -0.2) is 23.2 Å². The Bertz CT molecular complexity index is 552. The number of hydrogen-bond donors (Lipinski definition) is 1. The van der Waals surface area contributed by atoms with Gasteiger partial charge in [0.1, 0.15) is 5.75 Å². The molecule has 0 spiro atoms. The number of carbonyl (C=O) groups is 1. The van der Waals surface area contributed by atoms with E-state index in [0.717, 1.165) is 12.1 Å². The molecule has 0 atom stereocenters. The van der Waals surface area contributed by atoms with Crippen molar-refractivity contribution in [2.24, 2.45) is 0 Å². The first kappa shape index (κ1) is 16.2. The Balaban J connectivity index is 3.19. The highest BCUT2D eigenvalue weighted by molar-refractivity contribution is 8.00. The summed E-state index contributed by atoms with van der Waals surface area (Å²) in [7, 11) is 0. The molecule has 108 valence electrons.